The molecule has 0 fully saturated rings. The van der Waals surface area contributed by atoms with E-state index in [4.69, 9.17) is 0 Å². The minimum absolute atomic E-state index is 0.00578. The first-order chi connectivity index (χ1) is 18.9. The molecule has 14 heteroatoms. The molecule has 2 aromatic heterocycles. The van der Waals surface area contributed by atoms with Crippen molar-refractivity contribution in [2.75, 3.05) is 0 Å². The number of benzene rings is 2. The lowest BCUT2D eigenvalue weighted by molar-refractivity contribution is -0.213. The molecule has 0 saturated carbocycles. The Kier molecular flexibility index (Phi) is 8.37. The number of nitrogens with zero attached hydrogens (tertiary/aromatic N) is 5. The smallest absolute Gasteiger partial charge is 0.266 e. The first-order valence-electron chi connectivity index (χ1n) is 12.6. The van der Waals surface area contributed by atoms with E-state index in [0.717, 1.165) is 11.1 Å². The van der Waals surface area contributed by atoms with Crippen LogP contribution in [0.2, 0.25) is 0 Å². The van der Waals surface area contributed by atoms with Crippen molar-refractivity contribution in [3.05, 3.63) is 71.0 Å². The zero-order chi connectivity index (χ0) is 29.1. The van der Waals surface area contributed by atoms with Gasteiger partial charge in [0.25, 0.3) is 5.91 Å². The fourth-order valence-corrected chi connectivity index (χ4v) is 4.77. The summed E-state index contributed by atoms with van der Waals surface area (Å²) in [6.07, 6.45) is -3.81. The maximum Gasteiger partial charge on any atom is 0.505 e. The second kappa shape index (κ2) is 11.6. The van der Waals surface area contributed by atoms with E-state index in [1.165, 1.54) is 13.8 Å². The Hall–Kier alpha value is -4.07. The predicted octanol–water partition coefficient (Wildman–Crippen LogP) is 4.61. The number of hydrogen-bond acceptors (Lipinski definition) is 7. The summed E-state index contributed by atoms with van der Waals surface area (Å²) in [5.74, 6) is -1.12. The van der Waals surface area contributed by atoms with E-state index in [0.29, 0.717) is 24.0 Å². The van der Waals surface area contributed by atoms with Crippen LogP contribution < -0.4 is 4.72 Å². The molecule has 1 amide bonds. The summed E-state index contributed by atoms with van der Waals surface area (Å²) >= 11 is 0. The van der Waals surface area contributed by atoms with Gasteiger partial charge in [0.2, 0.25) is 15.8 Å². The Balaban J connectivity index is 1.87. The highest BCUT2D eigenvalue weighted by Crippen LogP contribution is 2.34. The van der Waals surface area contributed by atoms with Gasteiger partial charge < -0.3 is 0 Å². The molecule has 2 N–H and O–H groups in total. The molecule has 0 aliphatic heterocycles. The van der Waals surface area contributed by atoms with Crippen LogP contribution in [-0.4, -0.2) is 50.0 Å². The molecule has 0 aliphatic rings. The number of H-pyrrole nitrogens is 1. The van der Waals surface area contributed by atoms with Gasteiger partial charge in [-0.25, -0.2) is 13.1 Å². The van der Waals surface area contributed by atoms with Crippen LogP contribution in [0.15, 0.2) is 48.5 Å². The van der Waals surface area contributed by atoms with Gasteiger partial charge >= 0.3 is 6.30 Å². The van der Waals surface area contributed by atoms with E-state index in [-0.39, 0.29) is 34.6 Å². The minimum atomic E-state index is -5.06. The summed E-state index contributed by atoms with van der Waals surface area (Å²) in [7, 11) is -4.21. The first kappa shape index (κ1) is 28.9. The number of amides is 1. The predicted molar refractivity (Wildman–Crippen MR) is 142 cm³/mol. The zero-order valence-corrected chi connectivity index (χ0v) is 22.8. The lowest BCUT2D eigenvalue weighted by Crippen LogP contribution is -2.38. The number of unbranched alkanes of at least 4 members (excludes halogenated alkanes) is 1. The van der Waals surface area contributed by atoms with Gasteiger partial charge in [0, 0.05) is 17.5 Å². The van der Waals surface area contributed by atoms with Gasteiger partial charge in [-0.2, -0.15) is 15.0 Å². The van der Waals surface area contributed by atoms with Gasteiger partial charge in [0.1, 0.15) is 5.69 Å². The molecule has 40 heavy (non-hydrogen) atoms. The van der Waals surface area contributed by atoms with Crippen LogP contribution in [0, 0.1) is 0 Å². The van der Waals surface area contributed by atoms with Crippen LogP contribution in [-0.2, 0) is 29.2 Å². The molecule has 4 aromatic rings. The Labute approximate surface area is 229 Å². The summed E-state index contributed by atoms with van der Waals surface area (Å²) in [4.78, 5) is 13.1. The van der Waals surface area contributed by atoms with Crippen LogP contribution in [0.5, 0.6) is 0 Å². The average molecular weight is 576 g/mol. The summed E-state index contributed by atoms with van der Waals surface area (Å²) in [5, 5.41) is 16.9. The molecular weight excluding hydrogens is 547 g/mol. The number of sulfonamides is 1. The van der Waals surface area contributed by atoms with E-state index in [1.54, 1.807) is 22.9 Å². The van der Waals surface area contributed by atoms with Gasteiger partial charge in [-0.05, 0) is 54.7 Å². The van der Waals surface area contributed by atoms with Gasteiger partial charge in [-0.1, -0.05) is 55.8 Å². The maximum atomic E-state index is 14.1. The molecule has 212 valence electrons. The van der Waals surface area contributed by atoms with E-state index in [1.807, 2.05) is 37.3 Å². The number of aromatic amines is 1. The third-order valence-electron chi connectivity index (χ3n) is 6.28. The van der Waals surface area contributed by atoms with Crippen molar-refractivity contribution in [2.24, 2.45) is 0 Å². The lowest BCUT2D eigenvalue weighted by atomic mass is 9.93. The van der Waals surface area contributed by atoms with Crippen molar-refractivity contribution in [1.82, 2.24) is 35.1 Å². The minimum Gasteiger partial charge on any atom is -0.266 e. The molecule has 0 radical (unpaired) electrons. The van der Waals surface area contributed by atoms with Gasteiger partial charge in [-0.15, -0.1) is 23.4 Å². The van der Waals surface area contributed by atoms with Crippen molar-refractivity contribution in [2.45, 2.75) is 58.0 Å². The highest BCUT2D eigenvalue weighted by atomic mass is 32.2. The van der Waals surface area contributed by atoms with Gasteiger partial charge in [0.15, 0.2) is 0 Å². The lowest BCUT2D eigenvalue weighted by Gasteiger charge is -2.15. The molecule has 0 unspecified atom stereocenters. The number of aromatic nitrogens is 6. The Morgan fingerprint density at radius 3 is 2.42 bits per heavy atom. The van der Waals surface area contributed by atoms with Gasteiger partial charge in [0.05, 0.1) is 10.9 Å². The number of carbonyl (C=O) groups excluding carboxylic acids is 1. The van der Waals surface area contributed by atoms with Crippen LogP contribution in [0.4, 0.5) is 13.2 Å². The number of rotatable bonds is 10. The summed E-state index contributed by atoms with van der Waals surface area (Å²) in [6.45, 7) is 4.51. The standard InChI is InChI=1S/C26H28F3N7O3S/c1-4-5-11-22-21(23(36(32-22)26(27,28)29)25(37)33-40(38,39)16(2)3)15-17-12-13-19(18-9-7-6-8-10-18)20(14-17)24-30-34-35-31-24/h6-10,12-14,16H,4-5,11,15H2,1-3H3,(H,33,37)(H,30,31,34,35). The number of halogens is 3. The van der Waals surface area contributed by atoms with Crippen molar-refractivity contribution in [1.29, 1.82) is 0 Å². The Bertz CT molecular complexity index is 1580. The number of aryl methyl sites for hydroxylation is 1. The average Bonchev–Trinajstić information content (AvgIpc) is 3.56. The molecule has 2 heterocycles. The Morgan fingerprint density at radius 1 is 1.10 bits per heavy atom. The summed E-state index contributed by atoms with van der Waals surface area (Å²) in [6, 6.07) is 14.6. The van der Waals surface area contributed by atoms with E-state index in [2.05, 4.69) is 25.7 Å². The molecule has 10 nitrogen and oxygen atoms in total. The SMILES string of the molecule is CCCCc1nn(C(F)(F)F)c(C(=O)NS(=O)(=O)C(C)C)c1Cc1ccc(-c2ccccc2)c(-c2nn[nH]n2)c1. The molecule has 0 spiro atoms. The van der Waals surface area contributed by atoms with Crippen LogP contribution in [0.1, 0.15) is 60.9 Å². The van der Waals surface area contributed by atoms with Crippen molar-refractivity contribution >= 4 is 15.9 Å². The van der Waals surface area contributed by atoms with Crippen LogP contribution >= 0.6 is 0 Å². The number of nitrogens with one attached hydrogen (secondary N) is 2. The van der Waals surface area contributed by atoms with Gasteiger partial charge in [-0.3, -0.25) is 4.79 Å². The monoisotopic (exact) mass is 575 g/mol. The van der Waals surface area contributed by atoms with Crippen LogP contribution in [0.3, 0.4) is 0 Å². The molecule has 2 aromatic carbocycles. The molecule has 0 atom stereocenters. The van der Waals surface area contributed by atoms with Crippen molar-refractivity contribution < 1.29 is 26.4 Å². The molecule has 0 saturated heterocycles. The quantitative estimate of drug-likeness (QED) is 0.282. The fraction of sp³-hybridized carbons (Fsp3) is 0.346. The Morgan fingerprint density at radius 2 is 1.82 bits per heavy atom. The third kappa shape index (κ3) is 6.22. The second-order valence-electron chi connectivity index (χ2n) is 9.44. The number of tetrazole rings is 1. The molecular formula is C26H28F3N7O3S. The maximum absolute atomic E-state index is 14.1. The van der Waals surface area contributed by atoms with E-state index in [9.17, 15) is 26.4 Å². The number of carbonyl (C=O) groups is 1. The third-order valence-corrected chi connectivity index (χ3v) is 7.99. The summed E-state index contributed by atoms with van der Waals surface area (Å²) in [5.41, 5.74) is 1.94. The topological polar surface area (TPSA) is 136 Å². The van der Waals surface area contributed by atoms with Crippen molar-refractivity contribution in [3.63, 3.8) is 0 Å². The number of alkyl halides is 3. The first-order valence-corrected chi connectivity index (χ1v) is 14.1. The molecule has 0 bridgehead atoms. The molecule has 4 rings (SSSR count). The zero-order valence-electron chi connectivity index (χ0n) is 22.0. The van der Waals surface area contributed by atoms with E-state index < -0.39 is 33.2 Å². The van der Waals surface area contributed by atoms with Crippen LogP contribution in [0.25, 0.3) is 22.5 Å². The largest absolute Gasteiger partial charge is 0.505 e. The highest BCUT2D eigenvalue weighted by Gasteiger charge is 2.40. The fourth-order valence-electron chi connectivity index (χ4n) is 4.17. The van der Waals surface area contributed by atoms with E-state index >= 15 is 0 Å². The molecule has 0 aliphatic carbocycles. The summed E-state index contributed by atoms with van der Waals surface area (Å²) < 4.78 is 68.5. The van der Waals surface area contributed by atoms with Crippen molar-refractivity contribution in [3.8, 4) is 22.5 Å². The highest BCUT2D eigenvalue weighted by molar-refractivity contribution is 7.90. The second-order valence-corrected chi connectivity index (χ2v) is 11.7. The number of hydrogen-bond donors (Lipinski definition) is 2. The normalized spacial score (nSPS) is 12.2.